The van der Waals surface area contributed by atoms with Gasteiger partial charge < -0.3 is 18.2 Å². The average molecular weight is 619 g/mol. The summed E-state index contributed by atoms with van der Waals surface area (Å²) in [7, 11) is 0. The van der Waals surface area contributed by atoms with Gasteiger partial charge in [-0.25, -0.2) is 4.98 Å². The quantitative estimate of drug-likeness (QED) is 0.192. The van der Waals surface area contributed by atoms with Crippen molar-refractivity contribution in [3.8, 4) is 22.6 Å². The van der Waals surface area contributed by atoms with Crippen LogP contribution < -0.4 is 4.90 Å². The molecule has 0 aliphatic rings. The highest BCUT2D eigenvalue weighted by atomic mass is 16.4. The molecule has 0 saturated carbocycles. The predicted molar refractivity (Wildman–Crippen MR) is 194 cm³/mol. The number of nitrogens with zero attached hydrogens (tertiary/aromatic N) is 2. The van der Waals surface area contributed by atoms with E-state index in [4.69, 9.17) is 18.2 Å². The third-order valence-corrected chi connectivity index (χ3v) is 9.11. The summed E-state index contributed by atoms with van der Waals surface area (Å²) >= 11 is 0. The van der Waals surface area contributed by atoms with Gasteiger partial charge in [0, 0.05) is 33.5 Å². The maximum Gasteiger partial charge on any atom is 0.227 e. The van der Waals surface area contributed by atoms with Crippen LogP contribution in [0.3, 0.4) is 0 Å². The van der Waals surface area contributed by atoms with Crippen LogP contribution in [0.5, 0.6) is 0 Å². The van der Waals surface area contributed by atoms with E-state index >= 15 is 0 Å². The average Bonchev–Trinajstić information content (AvgIpc) is 3.86. The summed E-state index contributed by atoms with van der Waals surface area (Å²) in [6, 6.07) is 53.8. The molecule has 0 aliphatic heterocycles. The summed E-state index contributed by atoms with van der Waals surface area (Å²) in [5, 5.41) is 4.08. The smallest absolute Gasteiger partial charge is 0.227 e. The van der Waals surface area contributed by atoms with Crippen LogP contribution in [0.25, 0.3) is 77.6 Å². The van der Waals surface area contributed by atoms with Crippen LogP contribution in [-0.4, -0.2) is 4.98 Å². The third-order valence-electron chi connectivity index (χ3n) is 9.11. The molecule has 10 aromatic rings. The molecule has 48 heavy (non-hydrogen) atoms. The number of aromatic nitrogens is 1. The summed E-state index contributed by atoms with van der Waals surface area (Å²) in [6.07, 6.45) is 0. The molecule has 0 unspecified atom stereocenters. The molecule has 0 saturated heterocycles. The van der Waals surface area contributed by atoms with Crippen molar-refractivity contribution in [2.24, 2.45) is 0 Å². The number of oxazole rings is 1. The van der Waals surface area contributed by atoms with E-state index in [0.717, 1.165) is 83.2 Å². The molecule has 3 heterocycles. The molecular weight excluding hydrogens is 592 g/mol. The highest BCUT2D eigenvalue weighted by Crippen LogP contribution is 2.44. The zero-order valence-corrected chi connectivity index (χ0v) is 25.6. The Hall–Kier alpha value is -6.59. The van der Waals surface area contributed by atoms with Gasteiger partial charge in [-0.05, 0) is 71.8 Å². The molecule has 0 fully saturated rings. The van der Waals surface area contributed by atoms with Gasteiger partial charge in [-0.1, -0.05) is 91.0 Å². The lowest BCUT2D eigenvalue weighted by atomic mass is 10.0. The minimum atomic E-state index is 0.591. The van der Waals surface area contributed by atoms with Gasteiger partial charge in [-0.15, -0.1) is 0 Å². The Morgan fingerprint density at radius 2 is 1.10 bits per heavy atom. The van der Waals surface area contributed by atoms with Gasteiger partial charge in [-0.2, -0.15) is 0 Å². The van der Waals surface area contributed by atoms with Gasteiger partial charge in [-0.3, -0.25) is 0 Å². The van der Waals surface area contributed by atoms with E-state index in [-0.39, 0.29) is 0 Å². The molecule has 0 spiro atoms. The molecule has 5 heteroatoms. The maximum atomic E-state index is 6.54. The topological polar surface area (TPSA) is 55.6 Å². The van der Waals surface area contributed by atoms with Gasteiger partial charge in [0.1, 0.15) is 22.3 Å². The van der Waals surface area contributed by atoms with Crippen LogP contribution in [0.15, 0.2) is 171 Å². The Bertz CT molecular complexity index is 2770. The maximum absolute atomic E-state index is 6.54. The van der Waals surface area contributed by atoms with Crippen molar-refractivity contribution >= 4 is 72.0 Å². The molecule has 0 aliphatic carbocycles. The SMILES string of the molecule is c1ccc(-c2ccc(N(c3ccc4c(c3)oc3ccc5oc(-c6ccccc6)nc5c34)c3cccc4c3oc3ccccc34)cc2)cc1. The number of rotatable bonds is 5. The molecule has 5 nitrogen and oxygen atoms in total. The van der Waals surface area contributed by atoms with Gasteiger partial charge in [0.2, 0.25) is 5.89 Å². The number of hydrogen-bond acceptors (Lipinski definition) is 5. The fourth-order valence-electron chi connectivity index (χ4n) is 6.85. The van der Waals surface area contributed by atoms with Crippen molar-refractivity contribution in [1.29, 1.82) is 0 Å². The predicted octanol–water partition coefficient (Wildman–Crippen LogP) is 12.4. The fourth-order valence-corrected chi connectivity index (χ4v) is 6.85. The number of fused-ring (bicyclic) bond motifs is 8. The summed E-state index contributed by atoms with van der Waals surface area (Å²) < 4.78 is 19.3. The van der Waals surface area contributed by atoms with Crippen molar-refractivity contribution in [1.82, 2.24) is 4.98 Å². The van der Waals surface area contributed by atoms with Crippen molar-refractivity contribution in [2.75, 3.05) is 4.90 Å². The second-order valence-corrected chi connectivity index (χ2v) is 12.0. The highest BCUT2D eigenvalue weighted by Gasteiger charge is 2.22. The molecular formula is C43H26N2O3. The normalized spacial score (nSPS) is 11.8. The minimum Gasteiger partial charge on any atom is -0.456 e. The van der Waals surface area contributed by atoms with E-state index in [2.05, 4.69) is 95.9 Å². The molecule has 10 rings (SSSR count). The lowest BCUT2D eigenvalue weighted by molar-refractivity contribution is 0.619. The van der Waals surface area contributed by atoms with Crippen molar-refractivity contribution < 1.29 is 13.3 Å². The highest BCUT2D eigenvalue weighted by molar-refractivity contribution is 6.17. The first-order valence-electron chi connectivity index (χ1n) is 16.0. The largest absolute Gasteiger partial charge is 0.456 e. The molecule has 0 radical (unpaired) electrons. The molecule has 3 aromatic heterocycles. The van der Waals surface area contributed by atoms with E-state index in [0.29, 0.717) is 5.89 Å². The summed E-state index contributed by atoms with van der Waals surface area (Å²) in [5.41, 5.74) is 10.9. The molecule has 0 bridgehead atoms. The van der Waals surface area contributed by atoms with Gasteiger partial charge >= 0.3 is 0 Å². The third kappa shape index (κ3) is 4.15. The first kappa shape index (κ1) is 26.6. The Labute approximate surface area is 274 Å². The number of para-hydroxylation sites is 2. The first-order valence-corrected chi connectivity index (χ1v) is 16.0. The van der Waals surface area contributed by atoms with Crippen LogP contribution in [0.2, 0.25) is 0 Å². The Morgan fingerprint density at radius 3 is 1.94 bits per heavy atom. The molecule has 0 atom stereocenters. The van der Waals surface area contributed by atoms with Gasteiger partial charge in [0.05, 0.1) is 16.8 Å². The lowest BCUT2D eigenvalue weighted by Gasteiger charge is -2.25. The Morgan fingerprint density at radius 1 is 0.417 bits per heavy atom. The van der Waals surface area contributed by atoms with E-state index in [1.54, 1.807) is 0 Å². The second-order valence-electron chi connectivity index (χ2n) is 12.0. The van der Waals surface area contributed by atoms with Crippen LogP contribution in [0.4, 0.5) is 17.1 Å². The number of anilines is 3. The minimum absolute atomic E-state index is 0.591. The summed E-state index contributed by atoms with van der Waals surface area (Å²) in [6.45, 7) is 0. The van der Waals surface area contributed by atoms with E-state index in [1.165, 1.54) is 5.56 Å². The van der Waals surface area contributed by atoms with Gasteiger partial charge in [0.25, 0.3) is 0 Å². The van der Waals surface area contributed by atoms with Crippen LogP contribution in [-0.2, 0) is 0 Å². The Balaban J connectivity index is 1.17. The lowest BCUT2D eigenvalue weighted by Crippen LogP contribution is -2.10. The van der Waals surface area contributed by atoms with Crippen LogP contribution in [0.1, 0.15) is 0 Å². The fraction of sp³-hybridized carbons (Fsp3) is 0. The zero-order valence-electron chi connectivity index (χ0n) is 25.6. The monoisotopic (exact) mass is 618 g/mol. The van der Waals surface area contributed by atoms with E-state index < -0.39 is 0 Å². The van der Waals surface area contributed by atoms with Crippen LogP contribution >= 0.6 is 0 Å². The molecule has 7 aromatic carbocycles. The van der Waals surface area contributed by atoms with E-state index in [1.807, 2.05) is 66.7 Å². The van der Waals surface area contributed by atoms with Crippen molar-refractivity contribution in [2.45, 2.75) is 0 Å². The summed E-state index contributed by atoms with van der Waals surface area (Å²) in [5.74, 6) is 0.591. The first-order chi connectivity index (χ1) is 23.8. The zero-order chi connectivity index (χ0) is 31.6. The van der Waals surface area contributed by atoms with Gasteiger partial charge in [0.15, 0.2) is 11.2 Å². The Kier molecular flexibility index (Phi) is 5.81. The van der Waals surface area contributed by atoms with E-state index in [9.17, 15) is 0 Å². The molecule has 0 amide bonds. The number of hydrogen-bond donors (Lipinski definition) is 0. The summed E-state index contributed by atoms with van der Waals surface area (Å²) in [4.78, 5) is 7.17. The van der Waals surface area contributed by atoms with Crippen molar-refractivity contribution in [3.05, 3.63) is 158 Å². The molecule has 0 N–H and O–H groups in total. The molecule has 226 valence electrons. The second kappa shape index (κ2) is 10.5. The van der Waals surface area contributed by atoms with Crippen LogP contribution in [0, 0.1) is 0 Å². The number of benzene rings is 7. The standard InChI is InChI=1S/C43H26N2O3/c1-3-10-27(11-4-1)28-18-20-30(21-19-28)45(35-16-9-15-33-32-14-7-8-17-36(32)47-42(33)35)31-22-23-34-39(26-31)46-37-24-25-38-41(40(34)37)44-43(48-38)29-12-5-2-6-13-29/h1-26H. The van der Waals surface area contributed by atoms with Crippen molar-refractivity contribution in [3.63, 3.8) is 0 Å². The number of furan rings is 2.